The third-order valence-corrected chi connectivity index (χ3v) is 5.36. The predicted octanol–water partition coefficient (Wildman–Crippen LogP) is 3.22. The number of nitrogens with one attached hydrogen (secondary N) is 2. The summed E-state index contributed by atoms with van der Waals surface area (Å²) in [5.41, 5.74) is -1.58. The smallest absolute Gasteiger partial charge is 0.419 e. The molecular weight excluding hydrogens is 345 g/mol. The lowest BCUT2D eigenvalue weighted by atomic mass is 10.0. The number of alkyl halides is 3. The minimum Gasteiger partial charge on any atom is -0.491 e. The second-order valence-electron chi connectivity index (χ2n) is 8.08. The van der Waals surface area contributed by atoms with Crippen LogP contribution in [0.2, 0.25) is 0 Å². The number of carbonyl (C=O) groups excluding carboxylic acids is 1. The van der Waals surface area contributed by atoms with Crippen LogP contribution < -0.4 is 15.4 Å². The van der Waals surface area contributed by atoms with Gasteiger partial charge >= 0.3 is 6.18 Å². The van der Waals surface area contributed by atoms with Crippen LogP contribution in [0.4, 0.5) is 13.2 Å². The molecule has 1 saturated heterocycles. The van der Waals surface area contributed by atoms with Crippen LogP contribution in [0.3, 0.4) is 0 Å². The van der Waals surface area contributed by atoms with Crippen molar-refractivity contribution in [3.05, 3.63) is 29.8 Å². The third kappa shape index (κ3) is 3.68. The van der Waals surface area contributed by atoms with Crippen molar-refractivity contribution in [3.63, 3.8) is 0 Å². The van der Waals surface area contributed by atoms with Crippen molar-refractivity contribution in [2.24, 2.45) is 17.8 Å². The van der Waals surface area contributed by atoms with Gasteiger partial charge in [0.2, 0.25) is 5.91 Å². The van der Waals surface area contributed by atoms with Gasteiger partial charge in [-0.05, 0) is 51.7 Å². The maximum Gasteiger partial charge on any atom is 0.419 e. The van der Waals surface area contributed by atoms with Gasteiger partial charge in [0.1, 0.15) is 12.4 Å². The van der Waals surface area contributed by atoms with E-state index >= 15 is 0 Å². The third-order valence-electron chi connectivity index (χ3n) is 5.36. The predicted molar refractivity (Wildman–Crippen MR) is 91.7 cm³/mol. The van der Waals surface area contributed by atoms with Crippen molar-refractivity contribution < 1.29 is 22.7 Å². The molecule has 1 heterocycles. The summed E-state index contributed by atoms with van der Waals surface area (Å²) >= 11 is 0. The number of carbonyl (C=O) groups is 1. The monoisotopic (exact) mass is 370 g/mol. The Morgan fingerprint density at radius 1 is 1.15 bits per heavy atom. The number of fused-ring (bicyclic) bond motifs is 1. The Bertz CT molecular complexity index is 676. The van der Waals surface area contributed by atoms with E-state index in [1.807, 2.05) is 0 Å². The second-order valence-corrected chi connectivity index (χ2v) is 8.08. The van der Waals surface area contributed by atoms with Crippen molar-refractivity contribution in [1.29, 1.82) is 0 Å². The maximum atomic E-state index is 13.0. The number of benzene rings is 1. The zero-order chi connectivity index (χ0) is 19.3. The van der Waals surface area contributed by atoms with Gasteiger partial charge in [-0.2, -0.15) is 13.2 Å². The topological polar surface area (TPSA) is 50.4 Å². The van der Waals surface area contributed by atoms with Crippen LogP contribution in [-0.4, -0.2) is 30.1 Å². The molecular formula is C19H25F3N2O2. The van der Waals surface area contributed by atoms with E-state index in [1.54, 1.807) is 13.8 Å². The Morgan fingerprint density at radius 2 is 1.73 bits per heavy atom. The number of amides is 1. The summed E-state index contributed by atoms with van der Waals surface area (Å²) in [5, 5.41) is 6.36. The van der Waals surface area contributed by atoms with Crippen molar-refractivity contribution >= 4 is 5.91 Å². The fourth-order valence-electron chi connectivity index (χ4n) is 4.17. The first-order chi connectivity index (χ1) is 12.0. The molecule has 26 heavy (non-hydrogen) atoms. The van der Waals surface area contributed by atoms with E-state index in [0.717, 1.165) is 6.07 Å². The highest BCUT2D eigenvalue weighted by atomic mass is 19.4. The Balaban J connectivity index is 1.60. The molecule has 1 aliphatic heterocycles. The summed E-state index contributed by atoms with van der Waals surface area (Å²) < 4.78 is 44.5. The molecule has 0 bridgehead atoms. The highest BCUT2D eigenvalue weighted by Gasteiger charge is 2.63. The highest BCUT2D eigenvalue weighted by molar-refractivity contribution is 5.83. The second kappa shape index (κ2) is 6.44. The molecule has 2 N–H and O–H groups in total. The van der Waals surface area contributed by atoms with Crippen LogP contribution >= 0.6 is 0 Å². The number of halogens is 3. The van der Waals surface area contributed by atoms with Crippen molar-refractivity contribution in [2.45, 2.75) is 51.5 Å². The summed E-state index contributed by atoms with van der Waals surface area (Å²) in [7, 11) is 0. The van der Waals surface area contributed by atoms with Gasteiger partial charge in [0.05, 0.1) is 11.1 Å². The first kappa shape index (κ1) is 19.0. The van der Waals surface area contributed by atoms with Gasteiger partial charge in [0.15, 0.2) is 0 Å². The van der Waals surface area contributed by atoms with Crippen molar-refractivity contribution in [1.82, 2.24) is 10.6 Å². The first-order valence-corrected chi connectivity index (χ1v) is 8.88. The molecule has 0 radical (unpaired) electrons. The molecule has 1 unspecified atom stereocenters. The molecule has 1 saturated carbocycles. The summed E-state index contributed by atoms with van der Waals surface area (Å²) in [6.07, 6.45) is -4.48. The van der Waals surface area contributed by atoms with Gasteiger partial charge in [-0.15, -0.1) is 0 Å². The van der Waals surface area contributed by atoms with E-state index < -0.39 is 17.3 Å². The largest absolute Gasteiger partial charge is 0.491 e. The highest BCUT2D eigenvalue weighted by Crippen LogP contribution is 2.55. The number of hydrogen-bond donors (Lipinski definition) is 2. The molecule has 1 aliphatic carbocycles. The summed E-state index contributed by atoms with van der Waals surface area (Å²) in [4.78, 5) is 12.6. The van der Waals surface area contributed by atoms with Gasteiger partial charge in [-0.3, -0.25) is 4.79 Å². The first-order valence-electron chi connectivity index (χ1n) is 8.88. The van der Waals surface area contributed by atoms with E-state index in [4.69, 9.17) is 4.74 Å². The van der Waals surface area contributed by atoms with Gasteiger partial charge in [0, 0.05) is 18.0 Å². The molecule has 0 aromatic heterocycles. The minimum atomic E-state index is -4.48. The normalized spacial score (nSPS) is 30.7. The average Bonchev–Trinajstić information content (AvgIpc) is 3.21. The minimum absolute atomic E-state index is 0.0250. The van der Waals surface area contributed by atoms with Crippen LogP contribution in [0, 0.1) is 17.8 Å². The molecule has 2 fully saturated rings. The van der Waals surface area contributed by atoms with Gasteiger partial charge in [-0.1, -0.05) is 12.1 Å². The Labute approximate surface area is 151 Å². The zero-order valence-electron chi connectivity index (χ0n) is 15.4. The molecule has 3 rings (SSSR count). The fraction of sp³-hybridized carbons (Fsp3) is 0.632. The van der Waals surface area contributed by atoms with E-state index in [9.17, 15) is 18.0 Å². The molecule has 1 aromatic rings. The Morgan fingerprint density at radius 3 is 2.31 bits per heavy atom. The summed E-state index contributed by atoms with van der Waals surface area (Å²) in [6.45, 7) is 7.62. The molecule has 144 valence electrons. The van der Waals surface area contributed by atoms with Crippen LogP contribution in [0.1, 0.15) is 33.3 Å². The lowest BCUT2D eigenvalue weighted by Gasteiger charge is -2.28. The Hall–Kier alpha value is -1.76. The molecule has 2 aliphatic rings. The molecule has 5 atom stereocenters. The van der Waals surface area contributed by atoms with Crippen LogP contribution in [0.5, 0.6) is 5.75 Å². The van der Waals surface area contributed by atoms with E-state index in [2.05, 4.69) is 24.5 Å². The molecule has 7 heteroatoms. The van der Waals surface area contributed by atoms with Crippen LogP contribution in [0.15, 0.2) is 24.3 Å². The van der Waals surface area contributed by atoms with E-state index in [-0.39, 0.29) is 24.2 Å². The summed E-state index contributed by atoms with van der Waals surface area (Å²) in [5.74, 6) is 0.387. The quantitative estimate of drug-likeness (QED) is 0.837. The maximum absolute atomic E-state index is 13.0. The lowest BCUT2D eigenvalue weighted by Crippen LogP contribution is -2.50. The fourth-order valence-corrected chi connectivity index (χ4v) is 4.17. The van der Waals surface area contributed by atoms with E-state index in [1.165, 1.54) is 18.2 Å². The Kier molecular flexibility index (Phi) is 4.71. The standard InChI is InChI=1S/C19H25F3N2O2/c1-10-14-15(11(2)23-10)16(14)17(25)24-18(3,4)9-26-13-8-6-5-7-12(13)19(20,21)22/h5-8,10-11,14-16,23H,9H2,1-4H3,(H,24,25)/t10-,11-,14-,15+,16?/m0/s1. The van der Waals surface area contributed by atoms with Crippen LogP contribution in [-0.2, 0) is 11.0 Å². The number of ether oxygens (including phenoxy) is 1. The molecule has 1 amide bonds. The van der Waals surface area contributed by atoms with Gasteiger partial charge < -0.3 is 15.4 Å². The summed E-state index contributed by atoms with van der Waals surface area (Å²) in [6, 6.07) is 5.72. The molecule has 4 nitrogen and oxygen atoms in total. The molecule has 0 spiro atoms. The van der Waals surface area contributed by atoms with E-state index in [0.29, 0.717) is 23.9 Å². The van der Waals surface area contributed by atoms with Crippen LogP contribution in [0.25, 0.3) is 0 Å². The lowest BCUT2D eigenvalue weighted by molar-refractivity contribution is -0.139. The van der Waals surface area contributed by atoms with Gasteiger partial charge in [-0.25, -0.2) is 0 Å². The zero-order valence-corrected chi connectivity index (χ0v) is 15.4. The SMILES string of the molecule is C[C@@H]1N[C@@H](C)[C@H]2C(C(=O)NC(C)(C)COc3ccccc3C(F)(F)F)[C@H]21. The molecule has 1 aromatic carbocycles. The van der Waals surface area contributed by atoms with Gasteiger partial charge in [0.25, 0.3) is 0 Å². The van der Waals surface area contributed by atoms with Crippen molar-refractivity contribution in [3.8, 4) is 5.75 Å². The number of piperidine rings is 1. The number of hydrogen-bond acceptors (Lipinski definition) is 3. The average molecular weight is 370 g/mol. The van der Waals surface area contributed by atoms with Crippen molar-refractivity contribution in [2.75, 3.05) is 6.61 Å². The number of rotatable bonds is 5. The number of para-hydroxylation sites is 1.